The van der Waals surface area contributed by atoms with E-state index in [-0.39, 0.29) is 12.6 Å². The molecule has 0 aliphatic carbocycles. The molecule has 0 spiro atoms. The first-order valence-electron chi connectivity index (χ1n) is 6.96. The van der Waals surface area contributed by atoms with E-state index in [0.717, 1.165) is 12.1 Å². The maximum absolute atomic E-state index is 13.1. The maximum Gasteiger partial charge on any atom is 0.315 e. The van der Waals surface area contributed by atoms with Crippen LogP contribution in [0.4, 0.5) is 13.6 Å². The topological polar surface area (TPSA) is 61.4 Å². The van der Waals surface area contributed by atoms with Crippen molar-refractivity contribution in [3.05, 3.63) is 35.4 Å². The van der Waals surface area contributed by atoms with Crippen LogP contribution in [0.25, 0.3) is 0 Å². The van der Waals surface area contributed by atoms with E-state index in [9.17, 15) is 18.7 Å². The van der Waals surface area contributed by atoms with Gasteiger partial charge in [0.25, 0.3) is 0 Å². The zero-order valence-corrected chi connectivity index (χ0v) is 12.5. The number of halogens is 2. The van der Waals surface area contributed by atoms with Crippen LogP contribution in [0.3, 0.4) is 0 Å². The Bertz CT molecular complexity index is 481. The molecule has 6 heteroatoms. The molecule has 4 nitrogen and oxygen atoms in total. The molecule has 2 atom stereocenters. The Morgan fingerprint density at radius 2 is 1.86 bits per heavy atom. The van der Waals surface area contributed by atoms with Gasteiger partial charge < -0.3 is 15.7 Å². The molecular weight excluding hydrogens is 278 g/mol. The van der Waals surface area contributed by atoms with Crippen molar-refractivity contribution in [3.63, 3.8) is 0 Å². The molecule has 0 aliphatic heterocycles. The second kappa shape index (κ2) is 7.93. The lowest BCUT2D eigenvalue weighted by Crippen LogP contribution is -2.45. The third kappa shape index (κ3) is 5.67. The number of amides is 2. The lowest BCUT2D eigenvalue weighted by atomic mass is 10.0. The van der Waals surface area contributed by atoms with Crippen molar-refractivity contribution in [1.29, 1.82) is 0 Å². The van der Waals surface area contributed by atoms with Gasteiger partial charge in [0.15, 0.2) is 11.6 Å². The number of benzene rings is 1. The van der Waals surface area contributed by atoms with Crippen LogP contribution in [0.5, 0.6) is 0 Å². The first-order valence-corrected chi connectivity index (χ1v) is 6.96. The average molecular weight is 300 g/mol. The van der Waals surface area contributed by atoms with Gasteiger partial charge in [-0.2, -0.15) is 0 Å². The van der Waals surface area contributed by atoms with Gasteiger partial charge in [0.05, 0.1) is 18.7 Å². The fourth-order valence-corrected chi connectivity index (χ4v) is 2.04. The van der Waals surface area contributed by atoms with Crippen molar-refractivity contribution < 1.29 is 18.7 Å². The minimum atomic E-state index is -0.949. The Morgan fingerprint density at radius 3 is 2.38 bits per heavy atom. The number of carbonyl (C=O) groups excluding carboxylic acids is 1. The summed E-state index contributed by atoms with van der Waals surface area (Å²) in [5.74, 6) is -1.53. The van der Waals surface area contributed by atoms with Crippen molar-refractivity contribution in [1.82, 2.24) is 10.6 Å². The van der Waals surface area contributed by atoms with E-state index in [0.29, 0.717) is 17.9 Å². The highest BCUT2D eigenvalue weighted by atomic mass is 19.2. The zero-order chi connectivity index (χ0) is 16.0. The molecule has 0 saturated heterocycles. The van der Waals surface area contributed by atoms with Gasteiger partial charge in [0, 0.05) is 0 Å². The van der Waals surface area contributed by atoms with Crippen molar-refractivity contribution >= 4 is 6.03 Å². The van der Waals surface area contributed by atoms with E-state index in [1.807, 2.05) is 13.8 Å². The molecule has 1 aromatic rings. The summed E-state index contributed by atoms with van der Waals surface area (Å²) in [5, 5.41) is 14.5. The molecule has 2 unspecified atom stereocenters. The first kappa shape index (κ1) is 17.4. The predicted octanol–water partition coefficient (Wildman–Crippen LogP) is 2.73. The predicted molar refractivity (Wildman–Crippen MR) is 76.8 cm³/mol. The highest BCUT2D eigenvalue weighted by Gasteiger charge is 2.16. The molecule has 118 valence electrons. The molecule has 0 aromatic heterocycles. The summed E-state index contributed by atoms with van der Waals surface area (Å²) < 4.78 is 26.0. The largest absolute Gasteiger partial charge is 0.394 e. The minimum Gasteiger partial charge on any atom is -0.394 e. The van der Waals surface area contributed by atoms with Gasteiger partial charge in [-0.15, -0.1) is 0 Å². The zero-order valence-electron chi connectivity index (χ0n) is 12.5. The van der Waals surface area contributed by atoms with E-state index >= 15 is 0 Å². The number of urea groups is 1. The fourth-order valence-electron chi connectivity index (χ4n) is 2.04. The summed E-state index contributed by atoms with van der Waals surface area (Å²) in [6, 6.07) is 2.24. The van der Waals surface area contributed by atoms with Gasteiger partial charge in [0.1, 0.15) is 0 Å². The number of hydrogen-bond acceptors (Lipinski definition) is 2. The number of nitrogens with one attached hydrogen (secondary N) is 2. The van der Waals surface area contributed by atoms with Gasteiger partial charge >= 0.3 is 6.03 Å². The molecule has 0 bridgehead atoms. The number of carbonyl (C=O) groups is 1. The molecule has 0 heterocycles. The molecule has 1 rings (SSSR count). The highest BCUT2D eigenvalue weighted by Crippen LogP contribution is 2.15. The summed E-state index contributed by atoms with van der Waals surface area (Å²) in [6.45, 7) is 5.51. The number of hydrogen-bond donors (Lipinski definition) is 3. The number of aliphatic hydroxyl groups excluding tert-OH is 1. The molecule has 3 N–H and O–H groups in total. The normalized spacial score (nSPS) is 13.9. The van der Waals surface area contributed by atoms with Crippen LogP contribution in [0.1, 0.15) is 38.8 Å². The van der Waals surface area contributed by atoms with Crippen LogP contribution in [0, 0.1) is 17.6 Å². The Hall–Kier alpha value is -1.69. The van der Waals surface area contributed by atoms with Crippen molar-refractivity contribution in [3.8, 4) is 0 Å². The fraction of sp³-hybridized carbons (Fsp3) is 0.533. The molecular formula is C15H22F2N2O2. The molecule has 0 radical (unpaired) electrons. The smallest absolute Gasteiger partial charge is 0.315 e. The first-order chi connectivity index (χ1) is 9.83. The molecule has 2 amide bonds. The van der Waals surface area contributed by atoms with Crippen molar-refractivity contribution in [2.75, 3.05) is 6.61 Å². The van der Waals surface area contributed by atoms with E-state index in [1.54, 1.807) is 6.92 Å². The van der Waals surface area contributed by atoms with Gasteiger partial charge in [0.2, 0.25) is 0 Å². The van der Waals surface area contributed by atoms with Crippen molar-refractivity contribution in [2.45, 2.75) is 39.3 Å². The van der Waals surface area contributed by atoms with E-state index in [2.05, 4.69) is 10.6 Å². The Kier molecular flexibility index (Phi) is 6.55. The van der Waals surface area contributed by atoms with Gasteiger partial charge in [-0.25, -0.2) is 13.6 Å². The van der Waals surface area contributed by atoms with E-state index < -0.39 is 23.7 Å². The lowest BCUT2D eigenvalue weighted by Gasteiger charge is -2.21. The van der Waals surface area contributed by atoms with Crippen molar-refractivity contribution in [2.24, 2.45) is 5.92 Å². The SMILES string of the molecule is CC(C)CC(CO)NC(=O)NC(C)c1ccc(F)c(F)c1. The number of rotatable bonds is 6. The van der Waals surface area contributed by atoms with Crippen LogP contribution in [0.15, 0.2) is 18.2 Å². The monoisotopic (exact) mass is 300 g/mol. The second-order valence-corrected chi connectivity index (χ2v) is 5.52. The Labute approximate surface area is 123 Å². The summed E-state index contributed by atoms with van der Waals surface area (Å²) in [6.07, 6.45) is 0.656. The number of aliphatic hydroxyl groups is 1. The summed E-state index contributed by atoms with van der Waals surface area (Å²) in [7, 11) is 0. The van der Waals surface area contributed by atoms with Gasteiger partial charge in [-0.1, -0.05) is 19.9 Å². The highest BCUT2D eigenvalue weighted by molar-refractivity contribution is 5.74. The molecule has 21 heavy (non-hydrogen) atoms. The molecule has 1 aromatic carbocycles. The van der Waals surface area contributed by atoms with E-state index in [4.69, 9.17) is 0 Å². The third-order valence-corrected chi connectivity index (χ3v) is 3.10. The van der Waals surface area contributed by atoms with Crippen LogP contribution < -0.4 is 10.6 Å². The molecule has 0 aliphatic rings. The van der Waals surface area contributed by atoms with Crippen LogP contribution in [-0.2, 0) is 0 Å². The second-order valence-electron chi connectivity index (χ2n) is 5.52. The molecule has 0 saturated carbocycles. The summed E-state index contributed by atoms with van der Waals surface area (Å²) in [4.78, 5) is 11.8. The van der Waals surface area contributed by atoms with Crippen LogP contribution in [-0.4, -0.2) is 23.8 Å². The molecule has 0 fully saturated rings. The minimum absolute atomic E-state index is 0.148. The third-order valence-electron chi connectivity index (χ3n) is 3.10. The average Bonchev–Trinajstić information content (AvgIpc) is 2.40. The summed E-state index contributed by atoms with van der Waals surface area (Å²) >= 11 is 0. The van der Waals surface area contributed by atoms with Gasteiger partial charge in [-0.05, 0) is 37.0 Å². The van der Waals surface area contributed by atoms with E-state index in [1.165, 1.54) is 6.07 Å². The quantitative estimate of drug-likeness (QED) is 0.756. The lowest BCUT2D eigenvalue weighted by molar-refractivity contribution is 0.205. The Morgan fingerprint density at radius 1 is 1.19 bits per heavy atom. The standard InChI is InChI=1S/C15H22F2N2O2/c1-9(2)6-12(8-20)19-15(21)18-10(3)11-4-5-13(16)14(17)7-11/h4-5,7,9-10,12,20H,6,8H2,1-3H3,(H2,18,19,21). The Balaban J connectivity index is 2.58. The van der Waals surface area contributed by atoms with Crippen LogP contribution in [0.2, 0.25) is 0 Å². The van der Waals surface area contributed by atoms with Gasteiger partial charge in [-0.3, -0.25) is 0 Å². The maximum atomic E-state index is 13.1. The summed E-state index contributed by atoms with van der Waals surface area (Å²) in [5.41, 5.74) is 0.466. The van der Waals surface area contributed by atoms with Crippen LogP contribution >= 0.6 is 0 Å².